The Balaban J connectivity index is 2.71. The van der Waals surface area contributed by atoms with E-state index in [1.54, 1.807) is 19.2 Å². The topological polar surface area (TPSA) is 45.6 Å². The van der Waals surface area contributed by atoms with Gasteiger partial charge in [0.25, 0.3) is 0 Å². The van der Waals surface area contributed by atoms with Crippen molar-refractivity contribution in [3.8, 4) is 0 Å². The molecule has 0 N–H and O–H groups in total. The van der Waals surface area contributed by atoms with Crippen LogP contribution in [0.3, 0.4) is 0 Å². The number of amidine groups is 1. The second-order valence-electron chi connectivity index (χ2n) is 4.08. The highest BCUT2D eigenvalue weighted by Crippen LogP contribution is 2.19. The number of pyridine rings is 1. The summed E-state index contributed by atoms with van der Waals surface area (Å²) in [7, 11) is 2.90. The van der Waals surface area contributed by atoms with Gasteiger partial charge in [0.2, 0.25) is 5.78 Å². The van der Waals surface area contributed by atoms with Crippen LogP contribution >= 0.6 is 11.6 Å². The minimum atomic E-state index is -4.85. The van der Waals surface area contributed by atoms with Gasteiger partial charge in [0.05, 0.1) is 6.42 Å². The Hall–Kier alpha value is -1.63. The van der Waals surface area contributed by atoms with Crippen LogP contribution in [0.1, 0.15) is 12.0 Å². The number of hydrogen-bond donors (Lipinski definition) is 0. The van der Waals surface area contributed by atoms with Gasteiger partial charge in [0, 0.05) is 26.8 Å². The van der Waals surface area contributed by atoms with Crippen molar-refractivity contribution in [2.24, 2.45) is 4.99 Å². The summed E-state index contributed by atoms with van der Waals surface area (Å²) < 4.78 is 36.7. The van der Waals surface area contributed by atoms with E-state index in [1.165, 1.54) is 18.1 Å². The fraction of sp³-hybridized carbons (Fsp3) is 0.417. The van der Waals surface area contributed by atoms with Crippen molar-refractivity contribution in [1.29, 1.82) is 0 Å². The zero-order valence-corrected chi connectivity index (χ0v) is 11.7. The molecule has 0 amide bonds. The average molecular weight is 308 g/mol. The number of hydrogen-bond acceptors (Lipinski definition) is 3. The van der Waals surface area contributed by atoms with Gasteiger partial charge in [-0.05, 0) is 11.6 Å². The van der Waals surface area contributed by atoms with E-state index in [0.717, 1.165) is 5.56 Å². The molecule has 4 nitrogen and oxygen atoms in total. The van der Waals surface area contributed by atoms with Crippen LogP contribution in [-0.2, 0) is 11.3 Å². The van der Waals surface area contributed by atoms with Crippen LogP contribution in [0.25, 0.3) is 0 Å². The molecule has 1 rings (SSSR count). The van der Waals surface area contributed by atoms with Crippen LogP contribution < -0.4 is 0 Å². The highest BCUT2D eigenvalue weighted by molar-refractivity contribution is 6.29. The van der Waals surface area contributed by atoms with Gasteiger partial charge in [-0.2, -0.15) is 13.2 Å². The smallest absolute Gasteiger partial charge is 0.359 e. The van der Waals surface area contributed by atoms with Gasteiger partial charge in [0.1, 0.15) is 11.0 Å². The predicted octanol–water partition coefficient (Wildman–Crippen LogP) is 2.72. The van der Waals surface area contributed by atoms with E-state index >= 15 is 0 Å². The number of carbonyl (C=O) groups excluding carboxylic acids is 1. The highest BCUT2D eigenvalue weighted by atomic mass is 35.5. The Morgan fingerprint density at radius 2 is 2.10 bits per heavy atom. The van der Waals surface area contributed by atoms with Gasteiger partial charge in [-0.25, -0.2) is 4.98 Å². The summed E-state index contributed by atoms with van der Waals surface area (Å²) in [5, 5.41) is 0.327. The highest BCUT2D eigenvalue weighted by Gasteiger charge is 2.38. The van der Waals surface area contributed by atoms with Crippen LogP contribution in [0.5, 0.6) is 0 Å². The second kappa shape index (κ2) is 6.69. The van der Waals surface area contributed by atoms with Gasteiger partial charge < -0.3 is 4.90 Å². The Labute approximate surface area is 119 Å². The van der Waals surface area contributed by atoms with E-state index in [2.05, 4.69) is 9.98 Å². The van der Waals surface area contributed by atoms with Gasteiger partial charge >= 0.3 is 6.18 Å². The second-order valence-corrected chi connectivity index (χ2v) is 4.47. The molecule has 0 unspecified atom stereocenters. The van der Waals surface area contributed by atoms with Gasteiger partial charge in [-0.3, -0.25) is 9.79 Å². The third kappa shape index (κ3) is 4.80. The molecule has 0 atom stereocenters. The van der Waals surface area contributed by atoms with Crippen molar-refractivity contribution >= 4 is 23.2 Å². The van der Waals surface area contributed by atoms with E-state index in [-0.39, 0.29) is 12.4 Å². The van der Waals surface area contributed by atoms with Crippen molar-refractivity contribution in [3.63, 3.8) is 0 Å². The maximum absolute atomic E-state index is 12.2. The Morgan fingerprint density at radius 1 is 1.45 bits per heavy atom. The van der Waals surface area contributed by atoms with E-state index in [4.69, 9.17) is 11.6 Å². The molecule has 20 heavy (non-hydrogen) atoms. The van der Waals surface area contributed by atoms with Crippen LogP contribution in [-0.4, -0.2) is 41.8 Å². The molecule has 0 saturated heterocycles. The molecular weight excluding hydrogens is 295 g/mol. The molecule has 0 aromatic carbocycles. The number of halogens is 4. The summed E-state index contributed by atoms with van der Waals surface area (Å²) in [6.45, 7) is 0.280. The molecule has 1 aromatic heterocycles. The van der Waals surface area contributed by atoms with Crippen molar-refractivity contribution < 1.29 is 18.0 Å². The van der Waals surface area contributed by atoms with E-state index in [0.29, 0.717) is 5.15 Å². The summed E-state index contributed by atoms with van der Waals surface area (Å²) in [5.74, 6) is -1.76. The number of nitrogens with zero attached hydrogens (tertiary/aromatic N) is 3. The lowest BCUT2D eigenvalue weighted by atomic mass is 10.2. The lowest BCUT2D eigenvalue weighted by molar-refractivity contribution is -0.169. The molecule has 8 heteroatoms. The fourth-order valence-electron chi connectivity index (χ4n) is 1.49. The Bertz CT molecular complexity index is 500. The molecule has 1 heterocycles. The van der Waals surface area contributed by atoms with Gasteiger partial charge in [0.15, 0.2) is 0 Å². The Morgan fingerprint density at radius 3 is 2.55 bits per heavy atom. The average Bonchev–Trinajstić information content (AvgIpc) is 2.37. The summed E-state index contributed by atoms with van der Waals surface area (Å²) in [6.07, 6.45) is -4.12. The first kappa shape index (κ1) is 16.4. The number of carbonyl (C=O) groups is 1. The number of aliphatic imine (C=N–C) groups is 1. The van der Waals surface area contributed by atoms with Crippen LogP contribution in [0.4, 0.5) is 13.2 Å². The van der Waals surface area contributed by atoms with E-state index in [1.807, 2.05) is 0 Å². The standard InChI is InChI=1S/C12H13ClF3N3O/c1-17-11(5-9(20)12(14,15)16)19(2)7-8-3-4-10(13)18-6-8/h3-4,6H,5,7H2,1-2H3. The maximum Gasteiger partial charge on any atom is 0.450 e. The molecule has 0 fully saturated rings. The predicted molar refractivity (Wildman–Crippen MR) is 69.8 cm³/mol. The molecule has 1 aromatic rings. The monoisotopic (exact) mass is 307 g/mol. The number of aromatic nitrogens is 1. The SMILES string of the molecule is CN=C(CC(=O)C(F)(F)F)N(C)Cc1ccc(Cl)nc1. The summed E-state index contributed by atoms with van der Waals surface area (Å²) >= 11 is 5.64. The molecular formula is C12H13ClF3N3O. The minimum Gasteiger partial charge on any atom is -0.359 e. The molecule has 0 aliphatic carbocycles. The number of rotatable bonds is 4. The fourth-order valence-corrected chi connectivity index (χ4v) is 1.61. The van der Waals surface area contributed by atoms with Crippen LogP contribution in [0, 0.1) is 0 Å². The quantitative estimate of drug-likeness (QED) is 0.488. The summed E-state index contributed by atoms with van der Waals surface area (Å²) in [6, 6.07) is 3.28. The molecule has 0 bridgehead atoms. The molecule has 0 radical (unpaired) electrons. The third-order valence-corrected chi connectivity index (χ3v) is 2.77. The van der Waals surface area contributed by atoms with Crippen molar-refractivity contribution in [1.82, 2.24) is 9.88 Å². The largest absolute Gasteiger partial charge is 0.450 e. The number of Topliss-reactive ketones (excluding diaryl/α,β-unsaturated/α-hetero) is 1. The first-order chi connectivity index (χ1) is 9.24. The maximum atomic E-state index is 12.2. The number of ketones is 1. The lowest BCUT2D eigenvalue weighted by Crippen LogP contribution is -2.33. The summed E-state index contributed by atoms with van der Waals surface area (Å²) in [4.78, 5) is 20.0. The van der Waals surface area contributed by atoms with Crippen LogP contribution in [0.15, 0.2) is 23.3 Å². The normalized spacial score (nSPS) is 12.4. The van der Waals surface area contributed by atoms with Crippen LogP contribution in [0.2, 0.25) is 5.15 Å². The Kier molecular flexibility index (Phi) is 5.50. The molecule has 110 valence electrons. The van der Waals surface area contributed by atoms with E-state index in [9.17, 15) is 18.0 Å². The van der Waals surface area contributed by atoms with Crippen molar-refractivity contribution in [3.05, 3.63) is 29.0 Å². The first-order valence-corrected chi connectivity index (χ1v) is 5.99. The molecule has 0 saturated carbocycles. The minimum absolute atomic E-state index is 0.0577. The molecule has 0 aliphatic heterocycles. The van der Waals surface area contributed by atoms with E-state index < -0.39 is 18.4 Å². The molecule has 0 aliphatic rings. The van der Waals surface area contributed by atoms with Crippen molar-refractivity contribution in [2.75, 3.05) is 14.1 Å². The van der Waals surface area contributed by atoms with Gasteiger partial charge in [-0.15, -0.1) is 0 Å². The van der Waals surface area contributed by atoms with Gasteiger partial charge in [-0.1, -0.05) is 17.7 Å². The number of alkyl halides is 3. The molecule has 0 spiro atoms. The third-order valence-electron chi connectivity index (χ3n) is 2.54. The summed E-state index contributed by atoms with van der Waals surface area (Å²) in [5.41, 5.74) is 0.748. The lowest BCUT2D eigenvalue weighted by Gasteiger charge is -2.21. The zero-order valence-electron chi connectivity index (χ0n) is 10.9. The first-order valence-electron chi connectivity index (χ1n) is 5.61. The van der Waals surface area contributed by atoms with Crippen molar-refractivity contribution in [2.45, 2.75) is 19.1 Å². The zero-order chi connectivity index (χ0) is 15.3.